The first-order valence-electron chi connectivity index (χ1n) is 9.64. The number of rotatable bonds is 4. The second-order valence-corrected chi connectivity index (χ2v) is 11.2. The van der Waals surface area contributed by atoms with Crippen LogP contribution >= 0.6 is 22.9 Å². The van der Waals surface area contributed by atoms with E-state index in [1.807, 2.05) is 23.1 Å². The minimum absolute atomic E-state index is 0.000212. The van der Waals surface area contributed by atoms with Gasteiger partial charge in [-0.3, -0.25) is 4.79 Å². The number of aryl methyl sites for hydroxylation is 1. The van der Waals surface area contributed by atoms with Gasteiger partial charge in [0, 0.05) is 25.3 Å². The van der Waals surface area contributed by atoms with Crippen LogP contribution in [0.3, 0.4) is 0 Å². The summed E-state index contributed by atoms with van der Waals surface area (Å²) in [5.74, 6) is 0.435. The lowest BCUT2D eigenvalue weighted by Gasteiger charge is -2.36. The van der Waals surface area contributed by atoms with Crippen LogP contribution in [0.5, 0.6) is 5.75 Å². The summed E-state index contributed by atoms with van der Waals surface area (Å²) < 4.78 is 33.3. The molecule has 29 heavy (non-hydrogen) atoms. The van der Waals surface area contributed by atoms with Gasteiger partial charge in [-0.2, -0.15) is 4.31 Å². The molecule has 1 unspecified atom stereocenters. The summed E-state index contributed by atoms with van der Waals surface area (Å²) >= 11 is 6.97. The van der Waals surface area contributed by atoms with E-state index in [9.17, 15) is 13.2 Å². The number of carbonyl (C=O) groups is 1. The fourth-order valence-corrected chi connectivity index (χ4v) is 7.24. The third-order valence-corrected chi connectivity index (χ3v) is 9.11. The molecule has 4 rings (SSSR count). The van der Waals surface area contributed by atoms with Gasteiger partial charge in [0.2, 0.25) is 5.91 Å². The molecule has 0 radical (unpaired) electrons. The highest BCUT2D eigenvalue weighted by molar-refractivity contribution is 7.91. The van der Waals surface area contributed by atoms with Crippen molar-refractivity contribution in [2.45, 2.75) is 29.9 Å². The average molecular weight is 455 g/mol. The number of methoxy groups -OCH3 is 1. The average Bonchev–Trinajstić information content (AvgIpc) is 3.19. The molecule has 0 N–H and O–H groups in total. The van der Waals surface area contributed by atoms with Crippen LogP contribution in [0, 0.1) is 5.92 Å². The number of hydrogen-bond donors (Lipinski definition) is 0. The van der Waals surface area contributed by atoms with Crippen LogP contribution in [0.4, 0.5) is 5.69 Å². The molecule has 3 heterocycles. The molecule has 0 spiro atoms. The lowest BCUT2D eigenvalue weighted by atomic mass is 9.95. The van der Waals surface area contributed by atoms with E-state index in [-0.39, 0.29) is 22.6 Å². The smallest absolute Gasteiger partial charge is 0.252 e. The Morgan fingerprint density at radius 3 is 2.76 bits per heavy atom. The summed E-state index contributed by atoms with van der Waals surface area (Å²) in [6, 6.07) is 8.89. The van der Waals surface area contributed by atoms with Crippen LogP contribution < -0.4 is 9.64 Å². The quantitative estimate of drug-likeness (QED) is 0.704. The van der Waals surface area contributed by atoms with E-state index in [1.165, 1.54) is 10.4 Å². The number of hydrogen-bond acceptors (Lipinski definition) is 5. The molecule has 0 aliphatic carbocycles. The summed E-state index contributed by atoms with van der Waals surface area (Å²) in [6.07, 6.45) is 3.14. The van der Waals surface area contributed by atoms with Crippen molar-refractivity contribution in [3.8, 4) is 5.75 Å². The van der Waals surface area contributed by atoms with Crippen molar-refractivity contribution in [1.29, 1.82) is 0 Å². The number of carbonyl (C=O) groups excluding carboxylic acids is 1. The second kappa shape index (κ2) is 8.26. The first-order chi connectivity index (χ1) is 13.9. The van der Waals surface area contributed by atoms with Crippen molar-refractivity contribution in [3.05, 3.63) is 40.2 Å². The molecule has 6 nitrogen and oxygen atoms in total. The SMILES string of the molecule is COc1ccc2c(c1)CCCN2C(=O)C1CCCN(S(=O)(=O)c2ccc(Cl)s2)C1. The Bertz CT molecular complexity index is 1020. The minimum atomic E-state index is -3.63. The Labute approximate surface area is 180 Å². The van der Waals surface area contributed by atoms with Gasteiger partial charge in [-0.1, -0.05) is 11.6 Å². The number of halogens is 1. The van der Waals surface area contributed by atoms with Gasteiger partial charge in [-0.15, -0.1) is 11.3 Å². The minimum Gasteiger partial charge on any atom is -0.497 e. The van der Waals surface area contributed by atoms with Crippen LogP contribution in [0.25, 0.3) is 0 Å². The maximum absolute atomic E-state index is 13.3. The van der Waals surface area contributed by atoms with Gasteiger partial charge in [-0.05, 0) is 61.6 Å². The van der Waals surface area contributed by atoms with Crippen molar-refractivity contribution < 1.29 is 17.9 Å². The number of piperidine rings is 1. The van der Waals surface area contributed by atoms with E-state index in [4.69, 9.17) is 16.3 Å². The summed E-state index contributed by atoms with van der Waals surface area (Å²) in [5, 5.41) is 0. The molecule has 156 valence electrons. The van der Waals surface area contributed by atoms with Gasteiger partial charge < -0.3 is 9.64 Å². The van der Waals surface area contributed by atoms with Crippen LogP contribution in [-0.4, -0.2) is 45.4 Å². The fourth-order valence-electron chi connectivity index (χ4n) is 4.08. The van der Waals surface area contributed by atoms with Crippen molar-refractivity contribution >= 4 is 44.6 Å². The summed E-state index contributed by atoms with van der Waals surface area (Å²) in [5.41, 5.74) is 2.00. The molecule has 2 aliphatic rings. The highest BCUT2D eigenvalue weighted by atomic mass is 35.5. The Morgan fingerprint density at radius 1 is 1.21 bits per heavy atom. The molecule has 2 aliphatic heterocycles. The third kappa shape index (κ3) is 4.03. The number of fused-ring (bicyclic) bond motifs is 1. The van der Waals surface area contributed by atoms with E-state index in [0.29, 0.717) is 30.3 Å². The molecule has 1 fully saturated rings. The summed E-state index contributed by atoms with van der Waals surface area (Å²) in [4.78, 5) is 15.2. The molecular weight excluding hydrogens is 432 g/mol. The zero-order valence-electron chi connectivity index (χ0n) is 16.1. The molecule has 1 aromatic heterocycles. The molecule has 0 bridgehead atoms. The first-order valence-corrected chi connectivity index (χ1v) is 12.3. The van der Waals surface area contributed by atoms with E-state index in [0.717, 1.165) is 41.2 Å². The number of anilines is 1. The number of sulfonamides is 1. The monoisotopic (exact) mass is 454 g/mol. The molecule has 1 amide bonds. The third-order valence-electron chi connectivity index (χ3n) is 5.55. The van der Waals surface area contributed by atoms with Crippen LogP contribution in [0.15, 0.2) is 34.5 Å². The van der Waals surface area contributed by atoms with E-state index in [2.05, 4.69) is 0 Å². The van der Waals surface area contributed by atoms with Crippen LogP contribution in [0.2, 0.25) is 4.34 Å². The maximum atomic E-state index is 13.3. The second-order valence-electron chi connectivity index (χ2n) is 7.35. The van der Waals surface area contributed by atoms with E-state index < -0.39 is 10.0 Å². The zero-order chi connectivity index (χ0) is 20.6. The molecule has 1 saturated heterocycles. The topological polar surface area (TPSA) is 66.9 Å². The zero-order valence-corrected chi connectivity index (χ0v) is 18.5. The number of thiophene rings is 1. The summed E-state index contributed by atoms with van der Waals surface area (Å²) in [6.45, 7) is 1.29. The Hall–Kier alpha value is -1.61. The predicted molar refractivity (Wildman–Crippen MR) is 114 cm³/mol. The Kier molecular flexibility index (Phi) is 5.88. The standard InChI is InChI=1S/C20H23ClN2O4S2/c1-27-16-6-7-17-14(12-16)4-3-11-23(17)20(24)15-5-2-10-22(13-15)29(25,26)19-9-8-18(21)28-19/h6-9,12,15H,2-5,10-11,13H2,1H3. The number of nitrogens with zero attached hydrogens (tertiary/aromatic N) is 2. The highest BCUT2D eigenvalue weighted by Gasteiger charge is 2.37. The van der Waals surface area contributed by atoms with Gasteiger partial charge >= 0.3 is 0 Å². The van der Waals surface area contributed by atoms with Crippen molar-refractivity contribution in [1.82, 2.24) is 4.31 Å². The molecule has 2 aromatic rings. The molecule has 1 atom stereocenters. The number of ether oxygens (including phenoxy) is 1. The van der Waals surface area contributed by atoms with Gasteiger partial charge in [-0.25, -0.2) is 8.42 Å². The number of benzene rings is 1. The van der Waals surface area contributed by atoms with E-state index in [1.54, 1.807) is 13.2 Å². The Balaban J connectivity index is 1.54. The normalized spacial score (nSPS) is 20.3. The highest BCUT2D eigenvalue weighted by Crippen LogP contribution is 2.34. The lowest BCUT2D eigenvalue weighted by molar-refractivity contribution is -0.123. The first kappa shape index (κ1) is 20.7. The number of amides is 1. The fraction of sp³-hybridized carbons (Fsp3) is 0.450. The molecular formula is C20H23ClN2O4S2. The van der Waals surface area contributed by atoms with Gasteiger partial charge in [0.15, 0.2) is 0 Å². The van der Waals surface area contributed by atoms with Gasteiger partial charge in [0.1, 0.15) is 9.96 Å². The van der Waals surface area contributed by atoms with Crippen molar-refractivity contribution in [2.24, 2.45) is 5.92 Å². The molecule has 9 heteroatoms. The largest absolute Gasteiger partial charge is 0.497 e. The van der Waals surface area contributed by atoms with Crippen LogP contribution in [-0.2, 0) is 21.2 Å². The van der Waals surface area contributed by atoms with Gasteiger partial charge in [0.05, 0.1) is 17.4 Å². The van der Waals surface area contributed by atoms with E-state index >= 15 is 0 Å². The molecule has 0 saturated carbocycles. The van der Waals surface area contributed by atoms with Crippen LogP contribution in [0.1, 0.15) is 24.8 Å². The lowest BCUT2D eigenvalue weighted by Crippen LogP contribution is -2.47. The summed E-state index contributed by atoms with van der Waals surface area (Å²) in [7, 11) is -2.00. The predicted octanol–water partition coefficient (Wildman–Crippen LogP) is 3.79. The van der Waals surface area contributed by atoms with Crippen molar-refractivity contribution in [2.75, 3.05) is 31.6 Å². The maximum Gasteiger partial charge on any atom is 0.252 e. The van der Waals surface area contributed by atoms with Gasteiger partial charge in [0.25, 0.3) is 10.0 Å². The molecule has 1 aromatic carbocycles. The van der Waals surface area contributed by atoms with Crippen molar-refractivity contribution in [3.63, 3.8) is 0 Å². The Morgan fingerprint density at radius 2 is 2.03 bits per heavy atom.